The highest BCUT2D eigenvalue weighted by molar-refractivity contribution is 4.85. The van der Waals surface area contributed by atoms with Crippen LogP contribution in [0.4, 0.5) is 0 Å². The van der Waals surface area contributed by atoms with Crippen LogP contribution in [0.15, 0.2) is 0 Å². The molecule has 0 aliphatic rings. The van der Waals surface area contributed by atoms with Gasteiger partial charge >= 0.3 is 0 Å². The molecular formula is C6H12N2. The van der Waals surface area contributed by atoms with E-state index < -0.39 is 12.4 Å². The second-order valence-electron chi connectivity index (χ2n) is 1.89. The van der Waals surface area contributed by atoms with Crippen molar-refractivity contribution in [1.29, 1.82) is 5.26 Å². The van der Waals surface area contributed by atoms with Gasteiger partial charge in [-0.15, -0.1) is 0 Å². The predicted octanol–water partition coefficient (Wildman–Crippen LogP) is 0.741. The number of hydrogen-bond donors (Lipinski definition) is 1. The summed E-state index contributed by atoms with van der Waals surface area (Å²) >= 11 is 0. The van der Waals surface area contributed by atoms with Gasteiger partial charge in [0.25, 0.3) is 0 Å². The molecule has 0 spiro atoms. The summed E-state index contributed by atoms with van der Waals surface area (Å²) in [5.74, 6) is -1.66. The lowest BCUT2D eigenvalue weighted by molar-refractivity contribution is 0.485. The third kappa shape index (κ3) is 1.94. The topological polar surface area (TPSA) is 49.8 Å². The molecule has 0 aromatic rings. The SMILES string of the molecule is [2H]C(N)C([2H])(C#N)C(C)C. The fraction of sp³-hybridized carbons (Fsp3) is 0.833. The first-order valence-electron chi connectivity index (χ1n) is 3.62. The Morgan fingerprint density at radius 1 is 2.00 bits per heavy atom. The summed E-state index contributed by atoms with van der Waals surface area (Å²) in [6.45, 7) is 2.28. The van der Waals surface area contributed by atoms with Crippen LogP contribution in [0.1, 0.15) is 16.6 Å². The average Bonchev–Trinajstić information content (AvgIpc) is 1.85. The summed E-state index contributed by atoms with van der Waals surface area (Å²) in [5.41, 5.74) is 5.14. The summed E-state index contributed by atoms with van der Waals surface area (Å²) in [5, 5.41) is 8.49. The van der Waals surface area contributed by atoms with E-state index in [4.69, 9.17) is 13.7 Å². The minimum Gasteiger partial charge on any atom is -0.329 e. The standard InChI is InChI=1S/C6H12N2/c1-5(2)6(3-7)4-8/h5-6H,3,7H2,1-2H3/i3D,6D. The van der Waals surface area contributed by atoms with Crippen LogP contribution in [-0.4, -0.2) is 6.52 Å². The molecule has 2 nitrogen and oxygen atoms in total. The third-order valence-corrected chi connectivity index (χ3v) is 0.931. The minimum absolute atomic E-state index is 0.204. The van der Waals surface area contributed by atoms with E-state index in [0.717, 1.165) is 0 Å². The molecular weight excluding hydrogens is 100 g/mol. The van der Waals surface area contributed by atoms with Gasteiger partial charge in [-0.2, -0.15) is 5.26 Å². The van der Waals surface area contributed by atoms with E-state index in [9.17, 15) is 0 Å². The monoisotopic (exact) mass is 114 g/mol. The number of hydrogen-bond acceptors (Lipinski definition) is 2. The maximum absolute atomic E-state index is 8.49. The molecule has 0 aliphatic carbocycles. The van der Waals surface area contributed by atoms with Crippen LogP contribution in [0.3, 0.4) is 0 Å². The highest BCUT2D eigenvalue weighted by Crippen LogP contribution is 2.05. The van der Waals surface area contributed by atoms with Crippen LogP contribution >= 0.6 is 0 Å². The second-order valence-corrected chi connectivity index (χ2v) is 1.89. The van der Waals surface area contributed by atoms with Crippen molar-refractivity contribution in [3.63, 3.8) is 0 Å². The molecule has 0 fully saturated rings. The number of nitrogens with two attached hydrogens (primary N) is 1. The number of nitrogens with zero attached hydrogens (tertiary/aromatic N) is 1. The summed E-state index contributed by atoms with van der Waals surface area (Å²) < 4.78 is 14.4. The Morgan fingerprint density at radius 2 is 2.50 bits per heavy atom. The molecule has 0 aromatic carbocycles. The van der Waals surface area contributed by atoms with Crippen LogP contribution in [0, 0.1) is 23.1 Å². The lowest BCUT2D eigenvalue weighted by Crippen LogP contribution is -2.17. The van der Waals surface area contributed by atoms with Crippen molar-refractivity contribution >= 4 is 0 Å². The Hall–Kier alpha value is -0.550. The van der Waals surface area contributed by atoms with E-state index in [0.29, 0.717) is 0 Å². The molecule has 2 atom stereocenters. The zero-order valence-corrected chi connectivity index (χ0v) is 5.18. The summed E-state index contributed by atoms with van der Waals surface area (Å²) in [7, 11) is 0. The smallest absolute Gasteiger partial charge is 0.0671 e. The van der Waals surface area contributed by atoms with Crippen LogP contribution in [0.2, 0.25) is 0 Å². The normalized spacial score (nSPS) is 24.9. The first-order valence-corrected chi connectivity index (χ1v) is 2.54. The average molecular weight is 114 g/mol. The lowest BCUT2D eigenvalue weighted by atomic mass is 9.98. The first-order chi connectivity index (χ1) is 4.45. The van der Waals surface area contributed by atoms with Gasteiger partial charge < -0.3 is 5.73 Å². The Labute approximate surface area is 53.1 Å². The van der Waals surface area contributed by atoms with Crippen LogP contribution < -0.4 is 5.73 Å². The molecule has 0 aliphatic heterocycles. The maximum Gasteiger partial charge on any atom is 0.0671 e. The highest BCUT2D eigenvalue weighted by atomic mass is 14.6. The van der Waals surface area contributed by atoms with Crippen molar-refractivity contribution in [2.45, 2.75) is 13.8 Å². The van der Waals surface area contributed by atoms with Gasteiger partial charge in [-0.25, -0.2) is 0 Å². The van der Waals surface area contributed by atoms with E-state index in [1.807, 2.05) is 0 Å². The van der Waals surface area contributed by atoms with E-state index in [1.54, 1.807) is 19.9 Å². The second kappa shape index (κ2) is 3.45. The van der Waals surface area contributed by atoms with E-state index in [1.165, 1.54) is 0 Å². The van der Waals surface area contributed by atoms with E-state index in [2.05, 4.69) is 0 Å². The largest absolute Gasteiger partial charge is 0.329 e. The number of nitriles is 1. The fourth-order valence-corrected chi connectivity index (χ4v) is 0.359. The molecule has 2 heteroatoms. The molecule has 0 aromatic heterocycles. The Bertz CT molecular complexity index is 140. The van der Waals surface area contributed by atoms with Gasteiger partial charge in [0, 0.05) is 9.26 Å². The van der Waals surface area contributed by atoms with Crippen molar-refractivity contribution in [2.75, 3.05) is 6.52 Å². The van der Waals surface area contributed by atoms with Gasteiger partial charge in [0.15, 0.2) is 0 Å². The minimum atomic E-state index is -1.46. The van der Waals surface area contributed by atoms with Gasteiger partial charge in [-0.05, 0) is 5.92 Å². The molecule has 0 saturated heterocycles. The lowest BCUT2D eigenvalue weighted by Gasteiger charge is -2.07. The molecule has 46 valence electrons. The Morgan fingerprint density at radius 3 is 2.50 bits per heavy atom. The van der Waals surface area contributed by atoms with Crippen molar-refractivity contribution in [3.05, 3.63) is 0 Å². The summed E-state index contributed by atoms with van der Waals surface area (Å²) in [6, 6.07) is 1.73. The van der Waals surface area contributed by atoms with Crippen LogP contribution in [0.25, 0.3) is 0 Å². The quantitative estimate of drug-likeness (QED) is 0.575. The van der Waals surface area contributed by atoms with Gasteiger partial charge in [-0.1, -0.05) is 13.8 Å². The summed E-state index contributed by atoms with van der Waals surface area (Å²) in [6.07, 6.45) is 0. The molecule has 0 amide bonds. The molecule has 8 heavy (non-hydrogen) atoms. The molecule has 0 bridgehead atoms. The van der Waals surface area contributed by atoms with Crippen molar-refractivity contribution in [1.82, 2.24) is 0 Å². The first kappa shape index (κ1) is 4.34. The zero-order valence-electron chi connectivity index (χ0n) is 7.18. The molecule has 2 N–H and O–H groups in total. The van der Waals surface area contributed by atoms with Crippen LogP contribution in [0.5, 0.6) is 0 Å². The molecule has 2 unspecified atom stereocenters. The fourth-order valence-electron chi connectivity index (χ4n) is 0.359. The molecule has 0 saturated carbocycles. The van der Waals surface area contributed by atoms with Gasteiger partial charge in [0.2, 0.25) is 0 Å². The third-order valence-electron chi connectivity index (χ3n) is 0.931. The van der Waals surface area contributed by atoms with Crippen molar-refractivity contribution < 1.29 is 2.74 Å². The van der Waals surface area contributed by atoms with Crippen LogP contribution in [-0.2, 0) is 0 Å². The van der Waals surface area contributed by atoms with E-state index in [-0.39, 0.29) is 5.92 Å². The van der Waals surface area contributed by atoms with Gasteiger partial charge in [0.1, 0.15) is 0 Å². The molecule has 0 heterocycles. The Balaban J connectivity index is 4.43. The highest BCUT2D eigenvalue weighted by Gasteiger charge is 2.07. The zero-order chi connectivity index (χ0) is 8.36. The van der Waals surface area contributed by atoms with Crippen molar-refractivity contribution in [3.8, 4) is 6.07 Å². The van der Waals surface area contributed by atoms with Gasteiger partial charge in [0.05, 0.1) is 12.0 Å². The Kier molecular flexibility index (Phi) is 1.87. The van der Waals surface area contributed by atoms with Gasteiger partial charge in [-0.3, -0.25) is 0 Å². The predicted molar refractivity (Wildman–Crippen MR) is 33.0 cm³/mol. The van der Waals surface area contributed by atoms with E-state index >= 15 is 0 Å². The number of rotatable bonds is 2. The summed E-state index contributed by atoms with van der Waals surface area (Å²) in [4.78, 5) is 0. The van der Waals surface area contributed by atoms with Crippen molar-refractivity contribution in [2.24, 2.45) is 17.5 Å². The molecule has 0 rings (SSSR count). The molecule has 0 radical (unpaired) electrons. The maximum atomic E-state index is 8.49.